The van der Waals surface area contributed by atoms with Gasteiger partial charge in [-0.25, -0.2) is 8.42 Å². The lowest BCUT2D eigenvalue weighted by atomic mass is 10.1. The lowest BCUT2D eigenvalue weighted by Crippen LogP contribution is -2.47. The highest BCUT2D eigenvalue weighted by Crippen LogP contribution is 2.27. The SMILES string of the molecule is CCn1cc(C2CS(=O)(=O)CCN2C(=O)Cn2cccc(C)c2=O)cn1. The van der Waals surface area contributed by atoms with E-state index in [1.165, 1.54) is 4.57 Å². The Balaban J connectivity index is 1.88. The van der Waals surface area contributed by atoms with Gasteiger partial charge in [0.25, 0.3) is 5.56 Å². The Labute approximate surface area is 152 Å². The van der Waals surface area contributed by atoms with Crippen LogP contribution in [0.4, 0.5) is 0 Å². The third-order valence-electron chi connectivity index (χ3n) is 4.63. The Hall–Kier alpha value is -2.42. The molecule has 1 aliphatic rings. The van der Waals surface area contributed by atoms with E-state index < -0.39 is 15.9 Å². The summed E-state index contributed by atoms with van der Waals surface area (Å²) < 4.78 is 27.3. The summed E-state index contributed by atoms with van der Waals surface area (Å²) in [6.07, 6.45) is 4.94. The van der Waals surface area contributed by atoms with Crippen LogP contribution in [0.5, 0.6) is 0 Å². The Morgan fingerprint density at radius 3 is 2.85 bits per heavy atom. The summed E-state index contributed by atoms with van der Waals surface area (Å²) >= 11 is 0. The van der Waals surface area contributed by atoms with Crippen LogP contribution in [0.3, 0.4) is 0 Å². The monoisotopic (exact) mass is 378 g/mol. The van der Waals surface area contributed by atoms with Gasteiger partial charge in [-0.3, -0.25) is 14.3 Å². The second kappa shape index (κ2) is 7.06. The summed E-state index contributed by atoms with van der Waals surface area (Å²) in [5, 5.41) is 4.19. The van der Waals surface area contributed by atoms with Gasteiger partial charge >= 0.3 is 0 Å². The van der Waals surface area contributed by atoms with Gasteiger partial charge in [-0.1, -0.05) is 6.07 Å². The number of hydrogen-bond acceptors (Lipinski definition) is 5. The maximum absolute atomic E-state index is 12.8. The standard InChI is InChI=1S/C17H22N4O4S/c1-3-20-10-14(9-18-20)15-12-26(24,25)8-7-21(15)16(22)11-19-6-4-5-13(2)17(19)23/h4-6,9-10,15H,3,7-8,11-12H2,1-2H3. The van der Waals surface area contributed by atoms with Gasteiger partial charge in [-0.05, 0) is 19.9 Å². The van der Waals surface area contributed by atoms with Crippen LogP contribution >= 0.6 is 0 Å². The Kier molecular flexibility index (Phi) is 4.99. The van der Waals surface area contributed by atoms with E-state index in [0.29, 0.717) is 17.7 Å². The fourth-order valence-electron chi connectivity index (χ4n) is 3.12. The minimum absolute atomic E-state index is 0.0696. The Morgan fingerprint density at radius 1 is 1.38 bits per heavy atom. The first-order valence-electron chi connectivity index (χ1n) is 8.49. The van der Waals surface area contributed by atoms with Crippen LogP contribution in [-0.4, -0.2) is 51.6 Å². The number of aryl methyl sites for hydroxylation is 2. The zero-order valence-corrected chi connectivity index (χ0v) is 15.6. The van der Waals surface area contributed by atoms with Crippen molar-refractivity contribution in [2.75, 3.05) is 18.1 Å². The van der Waals surface area contributed by atoms with E-state index >= 15 is 0 Å². The molecule has 1 saturated heterocycles. The zero-order chi connectivity index (χ0) is 18.9. The predicted octanol–water partition coefficient (Wildman–Crippen LogP) is 0.371. The second-order valence-corrected chi connectivity index (χ2v) is 8.70. The summed E-state index contributed by atoms with van der Waals surface area (Å²) in [5.74, 6) is -0.474. The minimum Gasteiger partial charge on any atom is -0.332 e. The number of carbonyl (C=O) groups is 1. The lowest BCUT2D eigenvalue weighted by Gasteiger charge is -2.35. The van der Waals surface area contributed by atoms with E-state index in [0.717, 1.165) is 0 Å². The first-order chi connectivity index (χ1) is 12.3. The summed E-state index contributed by atoms with van der Waals surface area (Å²) in [6.45, 7) is 4.29. The van der Waals surface area contributed by atoms with Crippen LogP contribution in [0, 0.1) is 6.92 Å². The average molecular weight is 378 g/mol. The highest BCUT2D eigenvalue weighted by atomic mass is 32.2. The molecule has 0 aliphatic carbocycles. The molecule has 1 atom stereocenters. The molecule has 3 rings (SSSR count). The fraction of sp³-hybridized carbons (Fsp3) is 0.471. The molecule has 3 heterocycles. The van der Waals surface area contributed by atoms with Crippen LogP contribution < -0.4 is 5.56 Å². The normalized spacial score (nSPS) is 19.5. The van der Waals surface area contributed by atoms with Crippen molar-refractivity contribution in [3.8, 4) is 0 Å². The lowest BCUT2D eigenvalue weighted by molar-refractivity contribution is -0.133. The van der Waals surface area contributed by atoms with Gasteiger partial charge in [0.05, 0.1) is 23.7 Å². The molecular weight excluding hydrogens is 356 g/mol. The molecule has 0 spiro atoms. The van der Waals surface area contributed by atoms with Gasteiger partial charge in [0.2, 0.25) is 5.91 Å². The van der Waals surface area contributed by atoms with Crippen molar-refractivity contribution in [2.24, 2.45) is 0 Å². The summed E-state index contributed by atoms with van der Waals surface area (Å²) in [5.41, 5.74) is 1.03. The molecule has 1 aliphatic heterocycles. The largest absolute Gasteiger partial charge is 0.332 e. The molecule has 1 unspecified atom stereocenters. The molecule has 140 valence electrons. The first-order valence-corrected chi connectivity index (χ1v) is 10.3. The van der Waals surface area contributed by atoms with E-state index in [1.807, 2.05) is 6.92 Å². The van der Waals surface area contributed by atoms with Crippen molar-refractivity contribution in [1.82, 2.24) is 19.2 Å². The zero-order valence-electron chi connectivity index (χ0n) is 14.8. The number of amides is 1. The van der Waals surface area contributed by atoms with E-state index in [2.05, 4.69) is 5.10 Å². The maximum atomic E-state index is 12.8. The molecule has 8 nitrogen and oxygen atoms in total. The van der Waals surface area contributed by atoms with Gasteiger partial charge in [0.1, 0.15) is 6.54 Å². The first kappa shape index (κ1) is 18.4. The van der Waals surface area contributed by atoms with Gasteiger partial charge in [-0.15, -0.1) is 0 Å². The predicted molar refractivity (Wildman–Crippen MR) is 96.4 cm³/mol. The molecule has 0 aromatic carbocycles. The molecule has 9 heteroatoms. The average Bonchev–Trinajstić information content (AvgIpc) is 3.07. The van der Waals surface area contributed by atoms with Crippen LogP contribution in [-0.2, 0) is 27.7 Å². The molecule has 1 amide bonds. The van der Waals surface area contributed by atoms with Crippen molar-refractivity contribution >= 4 is 15.7 Å². The highest BCUT2D eigenvalue weighted by molar-refractivity contribution is 7.91. The van der Waals surface area contributed by atoms with Crippen molar-refractivity contribution in [3.05, 3.63) is 52.2 Å². The van der Waals surface area contributed by atoms with E-state index in [9.17, 15) is 18.0 Å². The van der Waals surface area contributed by atoms with Crippen LogP contribution in [0.15, 0.2) is 35.5 Å². The van der Waals surface area contributed by atoms with Gasteiger partial charge < -0.3 is 9.47 Å². The minimum atomic E-state index is -3.23. The van der Waals surface area contributed by atoms with E-state index in [4.69, 9.17) is 0 Å². The second-order valence-electron chi connectivity index (χ2n) is 6.47. The molecule has 0 saturated carbocycles. The molecule has 0 radical (unpaired) electrons. The van der Waals surface area contributed by atoms with Crippen molar-refractivity contribution in [3.63, 3.8) is 0 Å². The summed E-state index contributed by atoms with van der Waals surface area (Å²) in [6, 6.07) is 2.83. The third kappa shape index (κ3) is 3.72. The number of rotatable bonds is 4. The molecule has 0 bridgehead atoms. The highest BCUT2D eigenvalue weighted by Gasteiger charge is 2.35. The Bertz CT molecular complexity index is 977. The van der Waals surface area contributed by atoms with Crippen LogP contribution in [0.25, 0.3) is 0 Å². The smallest absolute Gasteiger partial charge is 0.253 e. The molecular formula is C17H22N4O4S. The number of nitrogens with zero attached hydrogens (tertiary/aromatic N) is 4. The quantitative estimate of drug-likeness (QED) is 0.766. The number of sulfone groups is 1. The van der Waals surface area contributed by atoms with E-state index in [-0.39, 0.29) is 36.1 Å². The third-order valence-corrected chi connectivity index (χ3v) is 6.26. The van der Waals surface area contributed by atoms with Crippen molar-refractivity contribution < 1.29 is 13.2 Å². The number of pyridine rings is 1. The number of hydrogen-bond donors (Lipinski definition) is 0. The molecule has 0 N–H and O–H groups in total. The van der Waals surface area contributed by atoms with Crippen LogP contribution in [0.1, 0.15) is 24.1 Å². The topological polar surface area (TPSA) is 94.3 Å². The van der Waals surface area contributed by atoms with Crippen molar-refractivity contribution in [2.45, 2.75) is 33.0 Å². The number of carbonyl (C=O) groups excluding carboxylic acids is 1. The molecule has 26 heavy (non-hydrogen) atoms. The number of aromatic nitrogens is 3. The molecule has 2 aromatic heterocycles. The Morgan fingerprint density at radius 2 is 2.15 bits per heavy atom. The summed E-state index contributed by atoms with van der Waals surface area (Å²) in [4.78, 5) is 26.6. The maximum Gasteiger partial charge on any atom is 0.253 e. The fourth-order valence-corrected chi connectivity index (χ4v) is 4.62. The van der Waals surface area contributed by atoms with Gasteiger partial charge in [-0.2, -0.15) is 5.10 Å². The van der Waals surface area contributed by atoms with Crippen molar-refractivity contribution in [1.29, 1.82) is 0 Å². The molecule has 1 fully saturated rings. The van der Waals surface area contributed by atoms with E-state index in [1.54, 1.807) is 47.2 Å². The summed E-state index contributed by atoms with van der Waals surface area (Å²) in [7, 11) is -3.23. The van der Waals surface area contributed by atoms with Gasteiger partial charge in [0.15, 0.2) is 9.84 Å². The van der Waals surface area contributed by atoms with Gasteiger partial charge in [0, 0.05) is 36.6 Å². The molecule has 2 aromatic rings. The van der Waals surface area contributed by atoms with Crippen LogP contribution in [0.2, 0.25) is 0 Å².